The molecule has 1 heterocycles. The number of halogens is 1. The number of methoxy groups -OCH3 is 1. The van der Waals surface area contributed by atoms with E-state index in [1.807, 2.05) is 0 Å². The van der Waals surface area contributed by atoms with Crippen LogP contribution in [0.4, 0.5) is 0 Å². The number of aliphatic hydroxyl groups excluding tert-OH is 1. The zero-order valence-electron chi connectivity index (χ0n) is 9.97. The predicted octanol–water partition coefficient (Wildman–Crippen LogP) is 1.82. The molecule has 2 atom stereocenters. The summed E-state index contributed by atoms with van der Waals surface area (Å²) in [7, 11) is -1.47. The largest absolute Gasteiger partial charge is 0.497 e. The van der Waals surface area contributed by atoms with E-state index >= 15 is 0 Å². The molecule has 18 heavy (non-hydrogen) atoms. The third kappa shape index (κ3) is 2.79. The van der Waals surface area contributed by atoms with E-state index in [9.17, 15) is 13.5 Å². The van der Waals surface area contributed by atoms with Gasteiger partial charge in [0.15, 0.2) is 9.84 Å². The standard InChI is InChI=1S/C12H15ClO4S/c1-17-9-2-3-10(11(13)6-9)12(14)8-4-5-18(15,16)7-8/h2-3,6,8,12,14H,4-5,7H2,1H3. The van der Waals surface area contributed by atoms with Gasteiger partial charge in [-0.25, -0.2) is 8.42 Å². The van der Waals surface area contributed by atoms with Gasteiger partial charge in [-0.05, 0) is 24.1 Å². The minimum absolute atomic E-state index is 0.0243. The molecule has 0 amide bonds. The van der Waals surface area contributed by atoms with Gasteiger partial charge in [0.1, 0.15) is 5.75 Å². The lowest BCUT2D eigenvalue weighted by molar-refractivity contribution is 0.121. The van der Waals surface area contributed by atoms with Gasteiger partial charge in [0.2, 0.25) is 0 Å². The van der Waals surface area contributed by atoms with Crippen LogP contribution in [-0.4, -0.2) is 32.1 Å². The number of hydrogen-bond donors (Lipinski definition) is 1. The summed E-state index contributed by atoms with van der Waals surface area (Å²) in [6.07, 6.45) is -0.369. The Morgan fingerprint density at radius 2 is 2.22 bits per heavy atom. The lowest BCUT2D eigenvalue weighted by Crippen LogP contribution is -2.14. The molecule has 1 aromatic rings. The van der Waals surface area contributed by atoms with Gasteiger partial charge < -0.3 is 9.84 Å². The number of ether oxygens (including phenoxy) is 1. The molecule has 0 saturated carbocycles. The molecular formula is C12H15ClO4S. The summed E-state index contributed by atoms with van der Waals surface area (Å²) in [6.45, 7) is 0. The highest BCUT2D eigenvalue weighted by atomic mass is 35.5. The van der Waals surface area contributed by atoms with E-state index in [1.165, 1.54) is 7.11 Å². The van der Waals surface area contributed by atoms with Crippen LogP contribution in [0.2, 0.25) is 5.02 Å². The fourth-order valence-electron chi connectivity index (χ4n) is 2.20. The zero-order valence-corrected chi connectivity index (χ0v) is 11.5. The van der Waals surface area contributed by atoms with Gasteiger partial charge in [0.05, 0.1) is 29.7 Å². The van der Waals surface area contributed by atoms with Gasteiger partial charge in [0, 0.05) is 5.92 Å². The van der Waals surface area contributed by atoms with Crippen LogP contribution in [0, 0.1) is 5.92 Å². The Balaban J connectivity index is 2.21. The molecule has 0 radical (unpaired) electrons. The van der Waals surface area contributed by atoms with Gasteiger partial charge in [-0.1, -0.05) is 17.7 Å². The number of sulfone groups is 1. The minimum Gasteiger partial charge on any atom is -0.497 e. The summed E-state index contributed by atoms with van der Waals surface area (Å²) in [5.74, 6) is 0.495. The molecule has 100 valence electrons. The van der Waals surface area contributed by atoms with Gasteiger partial charge >= 0.3 is 0 Å². The third-order valence-electron chi connectivity index (χ3n) is 3.24. The van der Waals surface area contributed by atoms with Crippen molar-refractivity contribution in [2.75, 3.05) is 18.6 Å². The van der Waals surface area contributed by atoms with Gasteiger partial charge in [-0.2, -0.15) is 0 Å². The first-order valence-corrected chi connectivity index (χ1v) is 7.85. The first-order valence-electron chi connectivity index (χ1n) is 5.65. The molecule has 1 aromatic carbocycles. The van der Waals surface area contributed by atoms with E-state index in [2.05, 4.69) is 0 Å². The van der Waals surface area contributed by atoms with Crippen LogP contribution in [0.5, 0.6) is 5.75 Å². The average molecular weight is 291 g/mol. The molecule has 6 heteroatoms. The van der Waals surface area contributed by atoms with E-state index in [1.54, 1.807) is 18.2 Å². The Bertz CT molecular complexity index is 541. The highest BCUT2D eigenvalue weighted by molar-refractivity contribution is 7.91. The number of rotatable bonds is 3. The normalized spacial score (nSPS) is 23.8. The van der Waals surface area contributed by atoms with E-state index in [0.717, 1.165) is 0 Å². The maximum Gasteiger partial charge on any atom is 0.150 e. The van der Waals surface area contributed by atoms with E-state index in [4.69, 9.17) is 16.3 Å². The molecule has 2 rings (SSSR count). The Kier molecular flexibility index (Phi) is 3.84. The van der Waals surface area contributed by atoms with Crippen molar-refractivity contribution in [2.45, 2.75) is 12.5 Å². The van der Waals surface area contributed by atoms with Crippen molar-refractivity contribution in [3.05, 3.63) is 28.8 Å². The summed E-state index contributed by atoms with van der Waals surface area (Å²) in [6, 6.07) is 4.99. The fourth-order valence-corrected chi connectivity index (χ4v) is 4.31. The van der Waals surface area contributed by atoms with Gasteiger partial charge in [-0.3, -0.25) is 0 Å². The highest BCUT2D eigenvalue weighted by Gasteiger charge is 2.34. The summed E-state index contributed by atoms with van der Waals surface area (Å²) in [5, 5.41) is 10.6. The molecule has 1 aliphatic heterocycles. The van der Waals surface area contributed by atoms with E-state index in [-0.39, 0.29) is 17.4 Å². The summed E-state index contributed by atoms with van der Waals surface area (Å²) >= 11 is 6.06. The van der Waals surface area contributed by atoms with Crippen molar-refractivity contribution < 1.29 is 18.3 Å². The maximum absolute atomic E-state index is 11.4. The van der Waals surface area contributed by atoms with Crippen LogP contribution in [-0.2, 0) is 9.84 Å². The molecule has 1 N–H and O–H groups in total. The van der Waals surface area contributed by atoms with Crippen molar-refractivity contribution in [2.24, 2.45) is 5.92 Å². The van der Waals surface area contributed by atoms with Crippen molar-refractivity contribution >= 4 is 21.4 Å². The van der Waals surface area contributed by atoms with E-state index < -0.39 is 15.9 Å². The van der Waals surface area contributed by atoms with Crippen molar-refractivity contribution in [1.29, 1.82) is 0 Å². The second-order valence-corrected chi connectivity index (χ2v) is 7.13. The number of hydrogen-bond acceptors (Lipinski definition) is 4. The highest BCUT2D eigenvalue weighted by Crippen LogP contribution is 2.35. The number of aliphatic hydroxyl groups is 1. The molecule has 2 unspecified atom stereocenters. The maximum atomic E-state index is 11.4. The first-order chi connectivity index (χ1) is 8.43. The quantitative estimate of drug-likeness (QED) is 0.922. The lowest BCUT2D eigenvalue weighted by atomic mass is 9.95. The Morgan fingerprint density at radius 1 is 1.50 bits per heavy atom. The second kappa shape index (κ2) is 5.07. The smallest absolute Gasteiger partial charge is 0.150 e. The molecular weight excluding hydrogens is 276 g/mol. The third-order valence-corrected chi connectivity index (χ3v) is 5.36. The van der Waals surface area contributed by atoms with Gasteiger partial charge in [-0.15, -0.1) is 0 Å². The van der Waals surface area contributed by atoms with Crippen LogP contribution in [0.3, 0.4) is 0 Å². The molecule has 1 aliphatic rings. The molecule has 0 spiro atoms. The SMILES string of the molecule is COc1ccc(C(O)C2CCS(=O)(=O)C2)c(Cl)c1. The summed E-state index contributed by atoms with van der Waals surface area (Å²) < 4.78 is 27.8. The Morgan fingerprint density at radius 3 is 2.72 bits per heavy atom. The fraction of sp³-hybridized carbons (Fsp3) is 0.500. The van der Waals surface area contributed by atoms with Crippen LogP contribution >= 0.6 is 11.6 Å². The molecule has 0 aliphatic carbocycles. The average Bonchev–Trinajstić information content (AvgIpc) is 2.68. The van der Waals surface area contributed by atoms with Crippen LogP contribution in [0.25, 0.3) is 0 Å². The van der Waals surface area contributed by atoms with Crippen molar-refractivity contribution in [3.63, 3.8) is 0 Å². The Hall–Kier alpha value is -0.780. The molecule has 4 nitrogen and oxygen atoms in total. The lowest BCUT2D eigenvalue weighted by Gasteiger charge is -2.18. The van der Waals surface area contributed by atoms with Crippen molar-refractivity contribution in [3.8, 4) is 5.75 Å². The topological polar surface area (TPSA) is 63.6 Å². The van der Waals surface area contributed by atoms with Crippen LogP contribution in [0.15, 0.2) is 18.2 Å². The second-order valence-electron chi connectivity index (χ2n) is 4.50. The van der Waals surface area contributed by atoms with Crippen LogP contribution in [0.1, 0.15) is 18.1 Å². The van der Waals surface area contributed by atoms with Crippen molar-refractivity contribution in [1.82, 2.24) is 0 Å². The summed E-state index contributed by atoms with van der Waals surface area (Å²) in [5.41, 5.74) is 0.555. The Labute approximate surface area is 111 Å². The van der Waals surface area contributed by atoms with Gasteiger partial charge in [0.25, 0.3) is 0 Å². The first kappa shape index (κ1) is 13.6. The molecule has 0 aromatic heterocycles. The van der Waals surface area contributed by atoms with Crippen LogP contribution < -0.4 is 4.74 Å². The minimum atomic E-state index is -3.00. The number of benzene rings is 1. The molecule has 1 fully saturated rings. The monoisotopic (exact) mass is 290 g/mol. The summed E-state index contributed by atoms with van der Waals surface area (Å²) in [4.78, 5) is 0. The predicted molar refractivity (Wildman–Crippen MR) is 69.7 cm³/mol. The molecule has 1 saturated heterocycles. The van der Waals surface area contributed by atoms with E-state index in [0.29, 0.717) is 22.8 Å². The zero-order chi connectivity index (χ0) is 13.3. The molecule has 0 bridgehead atoms.